The normalized spacial score (nSPS) is 25.4. The number of nitrogens with zero attached hydrogens (tertiary/aromatic N) is 1. The number of methoxy groups -OCH3 is 1. The van der Waals surface area contributed by atoms with E-state index in [4.69, 9.17) is 9.84 Å². The van der Waals surface area contributed by atoms with Gasteiger partial charge in [0.1, 0.15) is 0 Å². The van der Waals surface area contributed by atoms with Crippen LogP contribution in [0.5, 0.6) is 0 Å². The van der Waals surface area contributed by atoms with E-state index in [0.717, 1.165) is 0 Å². The van der Waals surface area contributed by atoms with Crippen LogP contribution in [0.3, 0.4) is 0 Å². The zero-order valence-corrected chi connectivity index (χ0v) is 11.7. The number of rotatable bonds is 7. The van der Waals surface area contributed by atoms with Crippen molar-refractivity contribution in [1.82, 2.24) is 4.31 Å². The minimum atomic E-state index is -3.33. The van der Waals surface area contributed by atoms with Gasteiger partial charge in [-0.05, 0) is 26.2 Å². The minimum absolute atomic E-state index is 0.0616. The summed E-state index contributed by atoms with van der Waals surface area (Å²) in [5.74, 6) is -0.869. The standard InChI is InChI=1S/C11H21NO5S/c1-11(10(13)14)5-6-12(9-11)18(15,16)8-4-3-7-17-2/h3-9H2,1-2H3,(H,13,14). The van der Waals surface area contributed by atoms with Crippen LogP contribution in [-0.2, 0) is 19.6 Å². The molecule has 1 aliphatic heterocycles. The number of hydrogen-bond acceptors (Lipinski definition) is 4. The van der Waals surface area contributed by atoms with Crippen molar-refractivity contribution in [2.75, 3.05) is 32.6 Å². The van der Waals surface area contributed by atoms with Crippen LogP contribution in [-0.4, -0.2) is 56.4 Å². The maximum atomic E-state index is 12.0. The second-order valence-corrected chi connectivity index (χ2v) is 7.05. The van der Waals surface area contributed by atoms with Gasteiger partial charge in [0.15, 0.2) is 0 Å². The molecule has 1 heterocycles. The van der Waals surface area contributed by atoms with Crippen molar-refractivity contribution in [3.05, 3.63) is 0 Å². The van der Waals surface area contributed by atoms with Gasteiger partial charge >= 0.3 is 5.97 Å². The van der Waals surface area contributed by atoms with Crippen molar-refractivity contribution >= 4 is 16.0 Å². The quantitative estimate of drug-likeness (QED) is 0.688. The van der Waals surface area contributed by atoms with Crippen molar-refractivity contribution < 1.29 is 23.1 Å². The van der Waals surface area contributed by atoms with Gasteiger partial charge in [0.2, 0.25) is 10.0 Å². The monoisotopic (exact) mass is 279 g/mol. The van der Waals surface area contributed by atoms with E-state index < -0.39 is 21.4 Å². The fourth-order valence-electron chi connectivity index (χ4n) is 1.99. The lowest BCUT2D eigenvalue weighted by Crippen LogP contribution is -2.36. The van der Waals surface area contributed by atoms with Gasteiger partial charge in [0.05, 0.1) is 11.2 Å². The molecular formula is C11H21NO5S. The van der Waals surface area contributed by atoms with Crippen LogP contribution < -0.4 is 0 Å². The van der Waals surface area contributed by atoms with E-state index in [9.17, 15) is 13.2 Å². The maximum absolute atomic E-state index is 12.0. The summed E-state index contributed by atoms with van der Waals surface area (Å²) in [4.78, 5) is 11.1. The molecule has 1 aliphatic rings. The van der Waals surface area contributed by atoms with Crippen LogP contribution in [0, 0.1) is 5.41 Å². The van der Waals surface area contributed by atoms with Gasteiger partial charge in [-0.1, -0.05) is 0 Å². The van der Waals surface area contributed by atoms with E-state index in [1.165, 1.54) is 4.31 Å². The molecular weight excluding hydrogens is 258 g/mol. The first-order chi connectivity index (χ1) is 8.32. The third-order valence-corrected chi connectivity index (χ3v) is 5.25. The Labute approximate surface area is 108 Å². The number of aliphatic carboxylic acids is 1. The topological polar surface area (TPSA) is 83.9 Å². The SMILES string of the molecule is COCCCCS(=O)(=O)N1CCC(C)(C(=O)O)C1. The van der Waals surface area contributed by atoms with Crippen LogP contribution in [0.25, 0.3) is 0 Å². The maximum Gasteiger partial charge on any atom is 0.310 e. The molecule has 0 bridgehead atoms. The number of ether oxygens (including phenoxy) is 1. The van der Waals surface area contributed by atoms with E-state index in [2.05, 4.69) is 0 Å². The average Bonchev–Trinajstić information content (AvgIpc) is 2.70. The first-order valence-corrected chi connectivity index (χ1v) is 7.63. The molecule has 0 aliphatic carbocycles. The highest BCUT2D eigenvalue weighted by Gasteiger charge is 2.44. The third-order valence-electron chi connectivity index (χ3n) is 3.35. The van der Waals surface area contributed by atoms with Crippen molar-refractivity contribution in [2.24, 2.45) is 5.41 Å². The van der Waals surface area contributed by atoms with E-state index in [1.54, 1.807) is 14.0 Å². The predicted octanol–water partition coefficient (Wildman–Crippen LogP) is 0.539. The lowest BCUT2D eigenvalue weighted by atomic mass is 9.90. The number of sulfonamides is 1. The first kappa shape index (κ1) is 15.4. The molecule has 106 valence electrons. The van der Waals surface area contributed by atoms with Gasteiger partial charge in [-0.2, -0.15) is 0 Å². The van der Waals surface area contributed by atoms with Gasteiger partial charge in [-0.3, -0.25) is 4.79 Å². The molecule has 1 fully saturated rings. The summed E-state index contributed by atoms with van der Waals surface area (Å²) in [5, 5.41) is 9.06. The van der Waals surface area contributed by atoms with Crippen molar-refractivity contribution in [3.63, 3.8) is 0 Å². The molecule has 0 radical (unpaired) electrons. The summed E-state index contributed by atoms with van der Waals surface area (Å²) in [6.07, 6.45) is 1.61. The Morgan fingerprint density at radius 3 is 2.61 bits per heavy atom. The van der Waals surface area contributed by atoms with E-state index >= 15 is 0 Å². The number of carbonyl (C=O) groups is 1. The summed E-state index contributed by atoms with van der Waals surface area (Å²) < 4.78 is 30.2. The van der Waals surface area contributed by atoms with E-state index in [-0.39, 0.29) is 12.3 Å². The number of carboxylic acids is 1. The molecule has 0 saturated carbocycles. The van der Waals surface area contributed by atoms with Crippen LogP contribution >= 0.6 is 0 Å². The zero-order chi connectivity index (χ0) is 13.8. The fourth-order valence-corrected chi connectivity index (χ4v) is 3.67. The Morgan fingerprint density at radius 1 is 1.44 bits per heavy atom. The molecule has 6 nitrogen and oxygen atoms in total. The largest absolute Gasteiger partial charge is 0.481 e. The van der Waals surface area contributed by atoms with Crippen LogP contribution in [0.4, 0.5) is 0 Å². The zero-order valence-electron chi connectivity index (χ0n) is 10.9. The fraction of sp³-hybridized carbons (Fsp3) is 0.909. The Morgan fingerprint density at radius 2 is 2.11 bits per heavy atom. The molecule has 0 aromatic carbocycles. The molecule has 1 unspecified atom stereocenters. The molecule has 0 aromatic rings. The second kappa shape index (κ2) is 5.99. The highest BCUT2D eigenvalue weighted by atomic mass is 32.2. The third kappa shape index (κ3) is 3.66. The molecule has 18 heavy (non-hydrogen) atoms. The molecule has 1 atom stereocenters. The van der Waals surface area contributed by atoms with Gasteiger partial charge in [0.25, 0.3) is 0 Å². The number of hydrogen-bond donors (Lipinski definition) is 1. The second-order valence-electron chi connectivity index (χ2n) is 4.97. The van der Waals surface area contributed by atoms with Crippen LogP contribution in [0.2, 0.25) is 0 Å². The number of carboxylic acid groups (broad SMARTS) is 1. The van der Waals surface area contributed by atoms with Gasteiger partial charge in [-0.25, -0.2) is 12.7 Å². The molecule has 7 heteroatoms. The van der Waals surface area contributed by atoms with Crippen molar-refractivity contribution in [1.29, 1.82) is 0 Å². The van der Waals surface area contributed by atoms with E-state index in [1.807, 2.05) is 0 Å². The molecule has 1 N–H and O–H groups in total. The number of unbranched alkanes of at least 4 members (excludes halogenated alkanes) is 1. The highest BCUT2D eigenvalue weighted by molar-refractivity contribution is 7.89. The summed E-state index contributed by atoms with van der Waals surface area (Å²) in [6.45, 7) is 2.52. The van der Waals surface area contributed by atoms with E-state index in [0.29, 0.717) is 32.4 Å². The van der Waals surface area contributed by atoms with Crippen molar-refractivity contribution in [2.45, 2.75) is 26.2 Å². The van der Waals surface area contributed by atoms with Crippen LogP contribution in [0.15, 0.2) is 0 Å². The van der Waals surface area contributed by atoms with Gasteiger partial charge in [-0.15, -0.1) is 0 Å². The minimum Gasteiger partial charge on any atom is -0.481 e. The summed E-state index contributed by atoms with van der Waals surface area (Å²) >= 11 is 0. The average molecular weight is 279 g/mol. The summed E-state index contributed by atoms with van der Waals surface area (Å²) in [5.41, 5.74) is -0.945. The molecule has 0 spiro atoms. The lowest BCUT2D eigenvalue weighted by Gasteiger charge is -2.20. The smallest absolute Gasteiger partial charge is 0.310 e. The molecule has 1 saturated heterocycles. The molecule has 1 rings (SSSR count). The Kier molecular flexibility index (Phi) is 5.12. The Balaban J connectivity index is 2.53. The molecule has 0 aromatic heterocycles. The lowest BCUT2D eigenvalue weighted by molar-refractivity contribution is -0.146. The van der Waals surface area contributed by atoms with Gasteiger partial charge < -0.3 is 9.84 Å². The van der Waals surface area contributed by atoms with Crippen molar-refractivity contribution in [3.8, 4) is 0 Å². The Bertz CT molecular complexity index is 394. The van der Waals surface area contributed by atoms with Gasteiger partial charge in [0, 0.05) is 26.8 Å². The summed E-state index contributed by atoms with van der Waals surface area (Å²) in [7, 11) is -1.75. The molecule has 0 amide bonds. The predicted molar refractivity (Wildman–Crippen MR) is 66.8 cm³/mol. The van der Waals surface area contributed by atoms with Crippen LogP contribution in [0.1, 0.15) is 26.2 Å². The first-order valence-electron chi connectivity index (χ1n) is 6.02. The summed E-state index contributed by atoms with van der Waals surface area (Å²) in [6, 6.07) is 0. The highest BCUT2D eigenvalue weighted by Crippen LogP contribution is 2.31. The Hall–Kier alpha value is -0.660.